The number of carbonyl (C=O) groups excluding carboxylic acids is 1. The van der Waals surface area contributed by atoms with Gasteiger partial charge in [-0.2, -0.15) is 0 Å². The van der Waals surface area contributed by atoms with Crippen molar-refractivity contribution in [2.75, 3.05) is 0 Å². The largest absolute Gasteiger partial charge is 0.299 e. The van der Waals surface area contributed by atoms with Gasteiger partial charge in [0.2, 0.25) is 0 Å². The lowest BCUT2D eigenvalue weighted by atomic mass is 9.44. The van der Waals surface area contributed by atoms with Crippen LogP contribution in [0.3, 0.4) is 0 Å². The number of ketones is 1. The Bertz CT molecular complexity index is 564. The molecule has 0 radical (unpaired) electrons. The van der Waals surface area contributed by atoms with Crippen molar-refractivity contribution in [3.8, 4) is 0 Å². The van der Waals surface area contributed by atoms with E-state index >= 15 is 0 Å². The lowest BCUT2D eigenvalue weighted by Gasteiger charge is -2.61. The Balaban J connectivity index is 1.64. The second-order valence-electron chi connectivity index (χ2n) is 10.8. The van der Waals surface area contributed by atoms with Crippen LogP contribution in [0, 0.1) is 52.3 Å². The molecule has 4 aliphatic rings. The van der Waals surface area contributed by atoms with Crippen molar-refractivity contribution >= 4 is 5.78 Å². The lowest BCUT2D eigenvalue weighted by Crippen LogP contribution is -2.53. The summed E-state index contributed by atoms with van der Waals surface area (Å²) in [6.07, 6.45) is 12.7. The smallest absolute Gasteiger partial charge is 0.137 e. The summed E-state index contributed by atoms with van der Waals surface area (Å²) in [7, 11) is 0. The first-order chi connectivity index (χ1) is 11.8. The number of Topliss-reactive ketones (excluding diaryl/α,β-unsaturated/α-hetero) is 1. The Morgan fingerprint density at radius 3 is 2.52 bits per heavy atom. The predicted octanol–water partition coefficient (Wildman–Crippen LogP) is 6.28. The van der Waals surface area contributed by atoms with Gasteiger partial charge in [0.1, 0.15) is 5.78 Å². The van der Waals surface area contributed by atoms with Gasteiger partial charge in [0, 0.05) is 12.3 Å². The number of fused-ring (bicyclic) bond motifs is 5. The first-order valence-electron chi connectivity index (χ1n) is 11.0. The second kappa shape index (κ2) is 5.96. The molecule has 0 heterocycles. The van der Waals surface area contributed by atoms with Crippen molar-refractivity contribution in [2.45, 2.75) is 79.1 Å². The van der Waals surface area contributed by atoms with Crippen LogP contribution in [-0.4, -0.2) is 5.78 Å². The molecular weight excluding hydrogens is 304 g/mol. The van der Waals surface area contributed by atoms with Crippen LogP contribution in [0.15, 0.2) is 12.7 Å². The van der Waals surface area contributed by atoms with Crippen LogP contribution in [0.25, 0.3) is 0 Å². The van der Waals surface area contributed by atoms with E-state index in [1.165, 1.54) is 44.9 Å². The van der Waals surface area contributed by atoms with E-state index in [9.17, 15) is 4.79 Å². The van der Waals surface area contributed by atoms with Crippen molar-refractivity contribution in [3.05, 3.63) is 12.7 Å². The monoisotopic (exact) mass is 342 g/mol. The summed E-state index contributed by atoms with van der Waals surface area (Å²) in [6, 6.07) is 0. The van der Waals surface area contributed by atoms with Crippen LogP contribution in [0.5, 0.6) is 0 Å². The molecule has 140 valence electrons. The van der Waals surface area contributed by atoms with Gasteiger partial charge in [-0.1, -0.05) is 40.2 Å². The molecule has 0 spiro atoms. The quantitative estimate of drug-likeness (QED) is 0.539. The Hall–Kier alpha value is -0.590. The zero-order valence-corrected chi connectivity index (χ0v) is 16.9. The standard InChI is InChI=1S/C24H38O/c1-6-16(3)22-21(25)14-20-18-8-7-17-13-15(2)9-11-23(17,4)19(18)10-12-24(20,22)5/h6,15-20,22H,1,7-14H2,2-5H3/t15-,16+,17?,18+,19-,20-,22-,23-,24-/m0/s1. The summed E-state index contributed by atoms with van der Waals surface area (Å²) in [5.41, 5.74) is 0.791. The topological polar surface area (TPSA) is 17.1 Å². The number of hydrogen-bond acceptors (Lipinski definition) is 1. The van der Waals surface area contributed by atoms with Gasteiger partial charge in [-0.3, -0.25) is 4.79 Å². The molecule has 4 rings (SSSR count). The normalized spacial score (nSPS) is 53.5. The third-order valence-electron chi connectivity index (χ3n) is 9.74. The molecule has 1 unspecified atom stereocenters. The minimum atomic E-state index is 0.229. The Kier molecular flexibility index (Phi) is 4.25. The Labute approximate surface area is 155 Å². The first-order valence-corrected chi connectivity index (χ1v) is 11.0. The third-order valence-corrected chi connectivity index (χ3v) is 9.74. The molecule has 0 aromatic rings. The van der Waals surface area contributed by atoms with E-state index in [0.29, 0.717) is 23.0 Å². The summed E-state index contributed by atoms with van der Waals surface area (Å²) in [5, 5.41) is 0. The van der Waals surface area contributed by atoms with Gasteiger partial charge in [0.15, 0.2) is 0 Å². The highest BCUT2D eigenvalue weighted by Crippen LogP contribution is 2.67. The molecule has 0 saturated heterocycles. The van der Waals surface area contributed by atoms with Gasteiger partial charge in [0.05, 0.1) is 0 Å². The summed E-state index contributed by atoms with van der Waals surface area (Å²) in [4.78, 5) is 13.0. The summed E-state index contributed by atoms with van der Waals surface area (Å²) >= 11 is 0. The zero-order chi connectivity index (χ0) is 18.0. The van der Waals surface area contributed by atoms with Gasteiger partial charge in [0.25, 0.3) is 0 Å². The molecule has 4 fully saturated rings. The molecular formula is C24H38O. The van der Waals surface area contributed by atoms with E-state index in [1.54, 1.807) is 0 Å². The van der Waals surface area contributed by atoms with E-state index in [2.05, 4.69) is 34.3 Å². The maximum absolute atomic E-state index is 13.0. The second-order valence-corrected chi connectivity index (χ2v) is 10.8. The summed E-state index contributed by atoms with van der Waals surface area (Å²) in [5.74, 6) is 5.31. The van der Waals surface area contributed by atoms with Gasteiger partial charge >= 0.3 is 0 Å². The molecule has 0 aromatic heterocycles. The Morgan fingerprint density at radius 1 is 1.08 bits per heavy atom. The fraction of sp³-hybridized carbons (Fsp3) is 0.875. The first kappa shape index (κ1) is 17.8. The van der Waals surface area contributed by atoms with Gasteiger partial charge in [-0.15, -0.1) is 6.58 Å². The molecule has 0 amide bonds. The van der Waals surface area contributed by atoms with Crippen LogP contribution < -0.4 is 0 Å². The number of hydrogen-bond donors (Lipinski definition) is 0. The van der Waals surface area contributed by atoms with Crippen LogP contribution >= 0.6 is 0 Å². The summed E-state index contributed by atoms with van der Waals surface area (Å²) < 4.78 is 0. The molecule has 1 nitrogen and oxygen atoms in total. The molecule has 0 aliphatic heterocycles. The lowest BCUT2D eigenvalue weighted by molar-refractivity contribution is -0.126. The maximum Gasteiger partial charge on any atom is 0.137 e. The number of carbonyl (C=O) groups is 1. The van der Waals surface area contributed by atoms with Crippen molar-refractivity contribution < 1.29 is 4.79 Å². The predicted molar refractivity (Wildman–Crippen MR) is 104 cm³/mol. The number of rotatable bonds is 2. The average Bonchev–Trinajstić information content (AvgIpc) is 2.85. The molecule has 0 N–H and O–H groups in total. The molecule has 4 aliphatic carbocycles. The van der Waals surface area contributed by atoms with Gasteiger partial charge in [-0.25, -0.2) is 0 Å². The zero-order valence-electron chi connectivity index (χ0n) is 16.9. The SMILES string of the molecule is C=C[C@@H](C)[C@H]1C(=O)C[C@H]2[C@@H]3CCC4C[C@@H](C)CC[C@]4(C)[C@H]3CC[C@]12C. The van der Waals surface area contributed by atoms with Crippen LogP contribution in [-0.2, 0) is 4.79 Å². The molecule has 0 aromatic carbocycles. The minimum absolute atomic E-state index is 0.229. The van der Waals surface area contributed by atoms with Crippen molar-refractivity contribution in [1.82, 2.24) is 0 Å². The highest BCUT2D eigenvalue weighted by Gasteiger charge is 2.62. The van der Waals surface area contributed by atoms with E-state index < -0.39 is 0 Å². The van der Waals surface area contributed by atoms with Gasteiger partial charge in [-0.05, 0) is 84.9 Å². The molecule has 0 bridgehead atoms. The van der Waals surface area contributed by atoms with Crippen molar-refractivity contribution in [1.29, 1.82) is 0 Å². The number of allylic oxidation sites excluding steroid dienone is 1. The van der Waals surface area contributed by atoms with E-state index in [-0.39, 0.29) is 11.3 Å². The average molecular weight is 343 g/mol. The fourth-order valence-corrected chi connectivity index (χ4v) is 8.33. The highest BCUT2D eigenvalue weighted by atomic mass is 16.1. The molecule has 25 heavy (non-hydrogen) atoms. The molecule has 9 atom stereocenters. The minimum Gasteiger partial charge on any atom is -0.299 e. The van der Waals surface area contributed by atoms with Crippen LogP contribution in [0.1, 0.15) is 79.1 Å². The third kappa shape index (κ3) is 2.43. The van der Waals surface area contributed by atoms with Crippen molar-refractivity contribution in [3.63, 3.8) is 0 Å². The van der Waals surface area contributed by atoms with Crippen LogP contribution in [0.2, 0.25) is 0 Å². The van der Waals surface area contributed by atoms with E-state index in [4.69, 9.17) is 0 Å². The highest BCUT2D eigenvalue weighted by molar-refractivity contribution is 5.85. The van der Waals surface area contributed by atoms with E-state index in [1.807, 2.05) is 6.08 Å². The molecule has 1 heteroatoms. The van der Waals surface area contributed by atoms with Gasteiger partial charge < -0.3 is 0 Å². The fourth-order valence-electron chi connectivity index (χ4n) is 8.33. The summed E-state index contributed by atoms with van der Waals surface area (Å²) in [6.45, 7) is 13.8. The Morgan fingerprint density at radius 2 is 1.80 bits per heavy atom. The maximum atomic E-state index is 13.0. The van der Waals surface area contributed by atoms with E-state index in [0.717, 1.165) is 30.1 Å². The van der Waals surface area contributed by atoms with Crippen molar-refractivity contribution in [2.24, 2.45) is 52.3 Å². The van der Waals surface area contributed by atoms with Crippen LogP contribution in [0.4, 0.5) is 0 Å². The molecule has 4 saturated carbocycles.